The third-order valence-corrected chi connectivity index (χ3v) is 0. The van der Waals surface area contributed by atoms with Crippen LogP contribution in [-0.2, 0) is 14.4 Å². The fourth-order valence-corrected chi connectivity index (χ4v) is 0. The highest BCUT2D eigenvalue weighted by molar-refractivity contribution is 5.63. The van der Waals surface area contributed by atoms with Crippen LogP contribution in [-0.4, -0.2) is 28.4 Å². The van der Waals surface area contributed by atoms with Gasteiger partial charge in [0, 0.05) is 13.8 Å². The molecule has 0 saturated carbocycles. The SMILES string of the molecule is CC(=O)O.CC(=O)O.CC=O. The summed E-state index contributed by atoms with van der Waals surface area (Å²) < 4.78 is 0. The number of aliphatic carboxylic acids is 2. The van der Waals surface area contributed by atoms with Crippen molar-refractivity contribution in [3.8, 4) is 0 Å². The van der Waals surface area contributed by atoms with Gasteiger partial charge in [0.1, 0.15) is 6.29 Å². The minimum Gasteiger partial charge on any atom is -0.481 e. The van der Waals surface area contributed by atoms with Gasteiger partial charge >= 0.3 is 0 Å². The highest BCUT2D eigenvalue weighted by atomic mass is 16.4. The average Bonchev–Trinajstić information content (AvgIpc) is 1.60. The zero-order chi connectivity index (χ0) is 9.86. The summed E-state index contributed by atoms with van der Waals surface area (Å²) in [5.74, 6) is -1.67. The molecular weight excluding hydrogens is 152 g/mol. The van der Waals surface area contributed by atoms with Gasteiger partial charge in [0.15, 0.2) is 0 Å². The van der Waals surface area contributed by atoms with E-state index < -0.39 is 11.9 Å². The van der Waals surface area contributed by atoms with E-state index in [-0.39, 0.29) is 0 Å². The van der Waals surface area contributed by atoms with Crippen LogP contribution in [0.1, 0.15) is 20.8 Å². The number of aldehydes is 1. The molecule has 0 heterocycles. The van der Waals surface area contributed by atoms with E-state index in [1.807, 2.05) is 0 Å². The maximum atomic E-state index is 9.00. The molecule has 0 aromatic heterocycles. The van der Waals surface area contributed by atoms with Gasteiger partial charge < -0.3 is 15.0 Å². The van der Waals surface area contributed by atoms with Crippen LogP contribution >= 0.6 is 0 Å². The van der Waals surface area contributed by atoms with Crippen molar-refractivity contribution in [3.05, 3.63) is 0 Å². The van der Waals surface area contributed by atoms with Crippen LogP contribution in [0.2, 0.25) is 0 Å². The molecule has 0 aromatic rings. The van der Waals surface area contributed by atoms with Gasteiger partial charge in [0.05, 0.1) is 0 Å². The number of carboxylic acid groups (broad SMARTS) is 2. The fraction of sp³-hybridized carbons (Fsp3) is 0.500. The zero-order valence-corrected chi connectivity index (χ0v) is 6.70. The van der Waals surface area contributed by atoms with Crippen molar-refractivity contribution in [2.45, 2.75) is 20.8 Å². The lowest BCUT2D eigenvalue weighted by Crippen LogP contribution is -1.78. The summed E-state index contributed by atoms with van der Waals surface area (Å²) in [5, 5.41) is 14.8. The molecule has 0 atom stereocenters. The normalized spacial score (nSPS) is 5.73. The van der Waals surface area contributed by atoms with E-state index in [1.165, 1.54) is 6.92 Å². The standard InChI is InChI=1S/2C2H4O2.C2H4O/c2*1-2(3)4;1-2-3/h2*1H3,(H,3,4);2H,1H3. The first-order valence-corrected chi connectivity index (χ1v) is 2.67. The van der Waals surface area contributed by atoms with Crippen LogP contribution in [0.25, 0.3) is 0 Å². The molecule has 5 nitrogen and oxygen atoms in total. The van der Waals surface area contributed by atoms with Gasteiger partial charge in [-0.15, -0.1) is 0 Å². The molecule has 0 aromatic carbocycles. The summed E-state index contributed by atoms with van der Waals surface area (Å²) in [6.07, 6.45) is 0.750. The molecule has 0 fully saturated rings. The molecule has 66 valence electrons. The summed E-state index contributed by atoms with van der Waals surface area (Å²) in [6.45, 7) is 3.61. The summed E-state index contributed by atoms with van der Waals surface area (Å²) in [4.78, 5) is 26.8. The van der Waals surface area contributed by atoms with Crippen LogP contribution in [0.4, 0.5) is 0 Å². The van der Waals surface area contributed by atoms with Crippen LogP contribution < -0.4 is 0 Å². The van der Waals surface area contributed by atoms with Crippen molar-refractivity contribution in [2.24, 2.45) is 0 Å². The first-order valence-electron chi connectivity index (χ1n) is 2.67. The Morgan fingerprint density at radius 1 is 1.09 bits per heavy atom. The molecule has 11 heavy (non-hydrogen) atoms. The van der Waals surface area contributed by atoms with E-state index in [2.05, 4.69) is 0 Å². The molecule has 2 N–H and O–H groups in total. The zero-order valence-electron chi connectivity index (χ0n) is 6.70. The quantitative estimate of drug-likeness (QED) is 0.505. The van der Waals surface area contributed by atoms with Gasteiger partial charge in [0.25, 0.3) is 11.9 Å². The Bertz CT molecular complexity index is 98.1. The van der Waals surface area contributed by atoms with Crippen LogP contribution in [0, 0.1) is 0 Å². The molecule has 0 aliphatic carbocycles. The molecule has 5 heteroatoms. The topological polar surface area (TPSA) is 91.7 Å². The minimum absolute atomic E-state index is 0.750. The Hall–Kier alpha value is -1.39. The largest absolute Gasteiger partial charge is 0.481 e. The molecule has 0 spiro atoms. The second kappa shape index (κ2) is 15.8. The maximum Gasteiger partial charge on any atom is 0.300 e. The van der Waals surface area contributed by atoms with Crippen molar-refractivity contribution in [2.75, 3.05) is 0 Å². The Balaban J connectivity index is -0.0000000886. The summed E-state index contributed by atoms with van der Waals surface area (Å²) in [5.41, 5.74) is 0. The predicted molar refractivity (Wildman–Crippen MR) is 38.4 cm³/mol. The molecule has 0 radical (unpaired) electrons. The van der Waals surface area contributed by atoms with E-state index in [9.17, 15) is 0 Å². The van der Waals surface area contributed by atoms with Gasteiger partial charge in [0.2, 0.25) is 0 Å². The molecular formula is C6H12O5. The van der Waals surface area contributed by atoms with Gasteiger partial charge in [-0.3, -0.25) is 9.59 Å². The van der Waals surface area contributed by atoms with Crippen molar-refractivity contribution in [1.82, 2.24) is 0 Å². The highest BCUT2D eigenvalue weighted by Gasteiger charge is 1.65. The lowest BCUT2D eigenvalue weighted by molar-refractivity contribution is -0.135. The number of hydrogen-bond donors (Lipinski definition) is 2. The number of carbonyl (C=O) groups is 3. The molecule has 0 aliphatic rings. The van der Waals surface area contributed by atoms with Gasteiger partial charge in [-0.2, -0.15) is 0 Å². The van der Waals surface area contributed by atoms with E-state index in [4.69, 9.17) is 24.6 Å². The highest BCUT2D eigenvalue weighted by Crippen LogP contribution is 1.42. The minimum atomic E-state index is -0.833. The van der Waals surface area contributed by atoms with Crippen molar-refractivity contribution < 1.29 is 24.6 Å². The fourth-order valence-electron chi connectivity index (χ4n) is 0. The Kier molecular flexibility index (Phi) is 23.5. The summed E-state index contributed by atoms with van der Waals surface area (Å²) in [7, 11) is 0. The van der Waals surface area contributed by atoms with Crippen LogP contribution in [0.15, 0.2) is 0 Å². The Morgan fingerprint density at radius 2 is 1.09 bits per heavy atom. The van der Waals surface area contributed by atoms with Crippen molar-refractivity contribution in [3.63, 3.8) is 0 Å². The lowest BCUT2D eigenvalue weighted by Gasteiger charge is -1.59. The third-order valence-electron chi connectivity index (χ3n) is 0. The monoisotopic (exact) mass is 164 g/mol. The molecule has 0 amide bonds. The third kappa shape index (κ3) is 195. The smallest absolute Gasteiger partial charge is 0.300 e. The number of hydrogen-bond acceptors (Lipinski definition) is 3. The average molecular weight is 164 g/mol. The van der Waals surface area contributed by atoms with Crippen LogP contribution in [0.5, 0.6) is 0 Å². The maximum absolute atomic E-state index is 9.00. The van der Waals surface area contributed by atoms with Crippen LogP contribution in [0.3, 0.4) is 0 Å². The molecule has 0 saturated heterocycles. The van der Waals surface area contributed by atoms with E-state index in [0.29, 0.717) is 0 Å². The second-order valence-corrected chi connectivity index (χ2v) is 1.27. The van der Waals surface area contributed by atoms with Crippen molar-refractivity contribution >= 4 is 18.2 Å². The lowest BCUT2D eigenvalue weighted by atomic mass is 10.9. The van der Waals surface area contributed by atoms with E-state index in [1.54, 1.807) is 0 Å². The molecule has 0 rings (SSSR count). The number of carbonyl (C=O) groups excluding carboxylic acids is 1. The van der Waals surface area contributed by atoms with Crippen molar-refractivity contribution in [1.29, 1.82) is 0 Å². The molecule has 0 bridgehead atoms. The summed E-state index contributed by atoms with van der Waals surface area (Å²) in [6, 6.07) is 0. The Labute approximate surface area is 64.6 Å². The Morgan fingerprint density at radius 3 is 1.09 bits per heavy atom. The first kappa shape index (κ1) is 16.3. The number of carboxylic acids is 2. The van der Waals surface area contributed by atoms with Gasteiger partial charge in [-0.05, 0) is 6.92 Å². The predicted octanol–water partition coefficient (Wildman–Crippen LogP) is 0.387. The van der Waals surface area contributed by atoms with Gasteiger partial charge in [-0.25, -0.2) is 0 Å². The molecule has 0 unspecified atom stereocenters. The second-order valence-electron chi connectivity index (χ2n) is 1.27. The summed E-state index contributed by atoms with van der Waals surface area (Å²) >= 11 is 0. The van der Waals surface area contributed by atoms with Gasteiger partial charge in [-0.1, -0.05) is 0 Å². The van der Waals surface area contributed by atoms with E-state index in [0.717, 1.165) is 20.1 Å². The first-order chi connectivity index (χ1) is 4.88. The van der Waals surface area contributed by atoms with E-state index >= 15 is 0 Å². The number of rotatable bonds is 0. The molecule has 0 aliphatic heterocycles.